The van der Waals surface area contributed by atoms with E-state index in [1.54, 1.807) is 7.11 Å². The Morgan fingerprint density at radius 3 is 2.30 bits per heavy atom. The minimum atomic E-state index is -0.586. The number of aliphatic imine (C=N–C) groups is 1. The summed E-state index contributed by atoms with van der Waals surface area (Å²) < 4.78 is 10.3. The van der Waals surface area contributed by atoms with Crippen LogP contribution in [0.5, 0.6) is 5.75 Å². The van der Waals surface area contributed by atoms with E-state index in [1.807, 2.05) is 61.5 Å². The Morgan fingerprint density at radius 1 is 0.967 bits per heavy atom. The number of allylic oxidation sites excluding steroid dienone is 2. The molecule has 0 radical (unpaired) electrons. The molecule has 1 aliphatic heterocycles. The molecule has 0 saturated heterocycles. The van der Waals surface area contributed by atoms with E-state index < -0.39 is 5.92 Å². The van der Waals surface area contributed by atoms with Gasteiger partial charge in [0, 0.05) is 29.3 Å². The van der Waals surface area contributed by atoms with Crippen molar-refractivity contribution in [2.45, 2.75) is 31.6 Å². The van der Waals surface area contributed by atoms with E-state index in [0.29, 0.717) is 24.1 Å². The van der Waals surface area contributed by atoms with Gasteiger partial charge in [0.15, 0.2) is 5.78 Å². The second-order valence-electron chi connectivity index (χ2n) is 7.80. The van der Waals surface area contributed by atoms with E-state index in [0.717, 1.165) is 22.6 Å². The van der Waals surface area contributed by atoms with Crippen molar-refractivity contribution >= 4 is 17.5 Å². The number of carbonyl (C=O) groups excluding carboxylic acids is 2. The first-order valence-electron chi connectivity index (χ1n) is 10.1. The zero-order valence-corrected chi connectivity index (χ0v) is 17.4. The summed E-state index contributed by atoms with van der Waals surface area (Å²) in [6.45, 7) is 1.85. The third-order valence-corrected chi connectivity index (χ3v) is 6.09. The molecule has 5 heteroatoms. The monoisotopic (exact) mass is 403 g/mol. The first-order chi connectivity index (χ1) is 14.5. The molecular formula is C25H25NO4. The zero-order chi connectivity index (χ0) is 21.3. The fourth-order valence-electron chi connectivity index (χ4n) is 4.62. The van der Waals surface area contributed by atoms with Gasteiger partial charge in [-0.15, -0.1) is 0 Å². The summed E-state index contributed by atoms with van der Waals surface area (Å²) >= 11 is 0. The fraction of sp³-hybridized carbons (Fsp3) is 0.320. The SMILES string of the molecule is COC(=O)C1C(C)=NC2=C(C(=O)C[C@@H](c3ccc(OC)cc3)C2)[C@@H]1c1ccccc1. The zero-order valence-electron chi connectivity index (χ0n) is 17.4. The third kappa shape index (κ3) is 3.56. The van der Waals surface area contributed by atoms with Crippen LogP contribution in [-0.2, 0) is 14.3 Å². The van der Waals surface area contributed by atoms with Gasteiger partial charge in [0.2, 0.25) is 0 Å². The minimum Gasteiger partial charge on any atom is -0.497 e. The number of nitrogens with zero attached hydrogens (tertiary/aromatic N) is 1. The first-order valence-corrected chi connectivity index (χ1v) is 10.1. The topological polar surface area (TPSA) is 65.0 Å². The summed E-state index contributed by atoms with van der Waals surface area (Å²) in [5, 5.41) is 0. The number of methoxy groups -OCH3 is 2. The van der Waals surface area contributed by atoms with Gasteiger partial charge < -0.3 is 9.47 Å². The van der Waals surface area contributed by atoms with E-state index in [1.165, 1.54) is 7.11 Å². The van der Waals surface area contributed by atoms with Crippen molar-refractivity contribution in [2.75, 3.05) is 14.2 Å². The van der Waals surface area contributed by atoms with E-state index in [4.69, 9.17) is 14.5 Å². The maximum atomic E-state index is 13.4. The van der Waals surface area contributed by atoms with Gasteiger partial charge in [0.1, 0.15) is 11.7 Å². The highest BCUT2D eigenvalue weighted by Crippen LogP contribution is 2.46. The Kier molecular flexibility index (Phi) is 5.53. The Hall–Kier alpha value is -3.21. The Bertz CT molecular complexity index is 1020. The molecule has 1 unspecified atom stereocenters. The van der Waals surface area contributed by atoms with Crippen molar-refractivity contribution in [3.05, 3.63) is 77.0 Å². The molecule has 3 atom stereocenters. The van der Waals surface area contributed by atoms with Crippen molar-refractivity contribution in [3.63, 3.8) is 0 Å². The quantitative estimate of drug-likeness (QED) is 0.708. The van der Waals surface area contributed by atoms with Crippen molar-refractivity contribution < 1.29 is 19.1 Å². The minimum absolute atomic E-state index is 0.0519. The number of esters is 1. The third-order valence-electron chi connectivity index (χ3n) is 6.09. The van der Waals surface area contributed by atoms with E-state index in [2.05, 4.69) is 0 Å². The molecule has 4 rings (SSSR count). The van der Waals surface area contributed by atoms with E-state index in [-0.39, 0.29) is 23.6 Å². The Morgan fingerprint density at radius 2 is 1.67 bits per heavy atom. The number of hydrogen-bond donors (Lipinski definition) is 0. The summed E-state index contributed by atoms with van der Waals surface area (Å²) in [5.41, 5.74) is 4.17. The number of hydrogen-bond acceptors (Lipinski definition) is 5. The number of ketones is 1. The van der Waals surface area contributed by atoms with Crippen LogP contribution in [0.2, 0.25) is 0 Å². The maximum absolute atomic E-state index is 13.4. The number of rotatable bonds is 4. The van der Waals surface area contributed by atoms with E-state index >= 15 is 0 Å². The molecular weight excluding hydrogens is 378 g/mol. The lowest BCUT2D eigenvalue weighted by molar-refractivity contribution is -0.143. The second kappa shape index (κ2) is 8.27. The molecule has 0 aromatic heterocycles. The summed E-state index contributed by atoms with van der Waals surface area (Å²) in [5.74, 6) is -0.409. The Balaban J connectivity index is 1.76. The van der Waals surface area contributed by atoms with Crippen LogP contribution in [0.4, 0.5) is 0 Å². The average Bonchev–Trinajstić information content (AvgIpc) is 2.78. The molecule has 0 N–H and O–H groups in total. The summed E-state index contributed by atoms with van der Waals surface area (Å²) in [6, 6.07) is 17.6. The molecule has 154 valence electrons. The van der Waals surface area contributed by atoms with Gasteiger partial charge in [0.25, 0.3) is 0 Å². The van der Waals surface area contributed by atoms with E-state index in [9.17, 15) is 9.59 Å². The van der Waals surface area contributed by atoms with Gasteiger partial charge in [0.05, 0.1) is 14.2 Å². The molecule has 0 bridgehead atoms. The largest absolute Gasteiger partial charge is 0.497 e. The van der Waals surface area contributed by atoms with Crippen LogP contribution < -0.4 is 4.74 Å². The fourth-order valence-corrected chi connectivity index (χ4v) is 4.62. The molecule has 2 aromatic rings. The lowest BCUT2D eigenvalue weighted by Crippen LogP contribution is -2.37. The summed E-state index contributed by atoms with van der Waals surface area (Å²) in [6.07, 6.45) is 1.07. The lowest BCUT2D eigenvalue weighted by Gasteiger charge is -2.36. The van der Waals surface area contributed by atoms with Gasteiger partial charge in [-0.25, -0.2) is 0 Å². The predicted molar refractivity (Wildman–Crippen MR) is 115 cm³/mol. The molecule has 2 aliphatic rings. The highest BCUT2D eigenvalue weighted by molar-refractivity contribution is 6.09. The van der Waals surface area contributed by atoms with Crippen LogP contribution in [0.15, 0.2) is 70.9 Å². The molecule has 0 saturated carbocycles. The lowest BCUT2D eigenvalue weighted by atomic mass is 9.69. The van der Waals surface area contributed by atoms with Crippen LogP contribution in [0.25, 0.3) is 0 Å². The Labute approximate surface area is 176 Å². The average molecular weight is 403 g/mol. The van der Waals surface area contributed by atoms with Gasteiger partial charge in [-0.1, -0.05) is 42.5 Å². The molecule has 1 aliphatic carbocycles. The van der Waals surface area contributed by atoms with Crippen molar-refractivity contribution in [3.8, 4) is 5.75 Å². The molecule has 2 aromatic carbocycles. The predicted octanol–water partition coefficient (Wildman–Crippen LogP) is 4.44. The van der Waals surface area contributed by atoms with Gasteiger partial charge in [-0.3, -0.25) is 14.6 Å². The van der Waals surface area contributed by atoms with Crippen molar-refractivity contribution in [1.82, 2.24) is 0 Å². The van der Waals surface area contributed by atoms with Gasteiger partial charge in [-0.2, -0.15) is 0 Å². The molecule has 0 fully saturated rings. The van der Waals surface area contributed by atoms with Crippen molar-refractivity contribution in [1.29, 1.82) is 0 Å². The molecule has 0 spiro atoms. The second-order valence-corrected chi connectivity index (χ2v) is 7.80. The van der Waals surface area contributed by atoms with Gasteiger partial charge in [-0.05, 0) is 42.5 Å². The van der Waals surface area contributed by atoms with Crippen LogP contribution in [-0.4, -0.2) is 31.7 Å². The van der Waals surface area contributed by atoms with Crippen molar-refractivity contribution in [2.24, 2.45) is 10.9 Å². The molecule has 5 nitrogen and oxygen atoms in total. The summed E-state index contributed by atoms with van der Waals surface area (Å²) in [7, 11) is 3.02. The van der Waals surface area contributed by atoms with Crippen LogP contribution in [0.1, 0.15) is 42.7 Å². The smallest absolute Gasteiger partial charge is 0.315 e. The molecule has 1 heterocycles. The van der Waals surface area contributed by atoms with Crippen LogP contribution >= 0.6 is 0 Å². The summed E-state index contributed by atoms with van der Waals surface area (Å²) in [4.78, 5) is 30.8. The number of Topliss-reactive ketones (excluding diaryl/α,β-unsaturated/α-hetero) is 1. The number of ether oxygens (including phenoxy) is 2. The highest BCUT2D eigenvalue weighted by atomic mass is 16.5. The van der Waals surface area contributed by atoms with Crippen LogP contribution in [0, 0.1) is 5.92 Å². The maximum Gasteiger partial charge on any atom is 0.315 e. The highest BCUT2D eigenvalue weighted by Gasteiger charge is 2.44. The number of benzene rings is 2. The standard InChI is InChI=1S/C25H25NO4/c1-15-22(25(28)30-3)23(17-7-5-4-6-8-17)24-20(26-15)13-18(14-21(24)27)16-9-11-19(29-2)12-10-16/h4-12,18,22-23H,13-14H2,1-3H3/t18-,22?,23+/m0/s1. The normalized spacial score (nSPS) is 23.5. The number of carbonyl (C=O) groups is 2. The van der Waals surface area contributed by atoms with Crippen LogP contribution in [0.3, 0.4) is 0 Å². The first kappa shape index (κ1) is 20.1. The molecule has 30 heavy (non-hydrogen) atoms. The molecule has 0 amide bonds. The van der Waals surface area contributed by atoms with Gasteiger partial charge >= 0.3 is 5.97 Å².